The number of benzene rings is 1. The summed E-state index contributed by atoms with van der Waals surface area (Å²) in [5, 5.41) is 65.0. The van der Waals surface area contributed by atoms with E-state index in [0.717, 1.165) is 0 Å². The molecule has 22 N–H and O–H groups in total. The Hall–Kier alpha value is -6.98. The van der Waals surface area contributed by atoms with Crippen LogP contribution in [0, 0.1) is 5.92 Å². The van der Waals surface area contributed by atoms with E-state index in [1.807, 2.05) is 0 Å². The molecule has 0 spiro atoms. The standard InChI is InChI=1S/C41H68N14O14S/c1-20(2)15-27(36(65)51-26(11-12-31(59)60)35(64)55-30(19-70)39(68)69)52-37(66)28(16-21-7-9-22(58)10-8-21)53-33(62)25(6-4-14-48-41(45)46)50-38(67)29(18-57)54-34(63)24(5-3-13-47-40(43)44)49-32(61)23(42)17-56/h7-10,20,23-30,56-58,70H,3-6,11-19,42H2,1-2H3,(H,49,61)(H,50,67)(H,51,65)(H,52,66)(H,53,62)(H,54,63)(H,55,64)(H,59,60)(H,68,69)(H4,43,44,47)(H4,45,46,48)/t23-,24-,25-,26-,27-,28-,29-,30-/m0/s1. The minimum atomic E-state index is -1.75. The van der Waals surface area contributed by atoms with E-state index in [9.17, 15) is 68.7 Å². The topological polar surface area (TPSA) is 494 Å². The van der Waals surface area contributed by atoms with Crippen molar-refractivity contribution in [1.82, 2.24) is 37.2 Å². The number of rotatable bonds is 33. The normalized spacial score (nSPS) is 14.3. The van der Waals surface area contributed by atoms with Gasteiger partial charge in [0.05, 0.1) is 13.2 Å². The Kier molecular flexibility index (Phi) is 27.9. The van der Waals surface area contributed by atoms with Crippen molar-refractivity contribution >= 4 is 77.8 Å². The van der Waals surface area contributed by atoms with E-state index < -0.39 is 128 Å². The monoisotopic (exact) mass is 1010 g/mol. The first-order chi connectivity index (χ1) is 32.9. The summed E-state index contributed by atoms with van der Waals surface area (Å²) in [6.07, 6.45) is -1.55. The van der Waals surface area contributed by atoms with Crippen molar-refractivity contribution in [2.45, 2.75) is 114 Å². The number of carbonyl (C=O) groups is 9. The smallest absolute Gasteiger partial charge is 0.327 e. The second kappa shape index (κ2) is 31.9. The number of carbonyl (C=O) groups excluding carboxylic acids is 7. The first-order valence-electron chi connectivity index (χ1n) is 22.0. The van der Waals surface area contributed by atoms with Crippen molar-refractivity contribution in [2.75, 3.05) is 32.1 Å². The number of carboxylic acids is 2. The number of aliphatic hydroxyl groups excluding tert-OH is 2. The maximum absolute atomic E-state index is 14.3. The maximum atomic E-state index is 14.3. The number of nitrogens with zero attached hydrogens (tertiary/aromatic N) is 2. The largest absolute Gasteiger partial charge is 0.508 e. The van der Waals surface area contributed by atoms with Crippen LogP contribution < -0.4 is 65.9 Å². The van der Waals surface area contributed by atoms with E-state index in [2.05, 4.69) is 59.8 Å². The number of aliphatic imine (C=N–C) groups is 2. The molecule has 0 aliphatic carbocycles. The van der Waals surface area contributed by atoms with Crippen LogP contribution >= 0.6 is 12.6 Å². The number of amides is 7. The van der Waals surface area contributed by atoms with E-state index >= 15 is 0 Å². The summed E-state index contributed by atoms with van der Waals surface area (Å²) in [7, 11) is 0. The van der Waals surface area contributed by atoms with Gasteiger partial charge in [-0.15, -0.1) is 0 Å². The molecule has 1 rings (SSSR count). The minimum Gasteiger partial charge on any atom is -0.508 e. The number of aromatic hydroxyl groups is 1. The molecule has 1 aromatic rings. The first-order valence-corrected chi connectivity index (χ1v) is 22.6. The average Bonchev–Trinajstić information content (AvgIpc) is 3.29. The van der Waals surface area contributed by atoms with Crippen LogP contribution in [0.1, 0.15) is 64.4 Å². The fourth-order valence-corrected chi connectivity index (χ4v) is 6.48. The number of nitrogens with one attached hydrogen (secondary N) is 7. The van der Waals surface area contributed by atoms with E-state index in [0.29, 0.717) is 5.56 Å². The maximum Gasteiger partial charge on any atom is 0.327 e. The molecule has 0 bridgehead atoms. The lowest BCUT2D eigenvalue weighted by Crippen LogP contribution is -2.61. The number of aliphatic carboxylic acids is 2. The minimum absolute atomic E-state index is 0.0350. The van der Waals surface area contributed by atoms with Gasteiger partial charge in [-0.05, 0) is 62.1 Å². The molecule has 0 saturated heterocycles. The molecule has 0 heterocycles. The van der Waals surface area contributed by atoms with Crippen LogP contribution in [0.15, 0.2) is 34.3 Å². The van der Waals surface area contributed by atoms with Gasteiger partial charge in [0.2, 0.25) is 41.4 Å². The van der Waals surface area contributed by atoms with Gasteiger partial charge in [-0.1, -0.05) is 26.0 Å². The second-order valence-corrected chi connectivity index (χ2v) is 16.6. The molecule has 0 radical (unpaired) electrons. The van der Waals surface area contributed by atoms with Gasteiger partial charge >= 0.3 is 11.9 Å². The lowest BCUT2D eigenvalue weighted by molar-refractivity contribution is -0.142. The summed E-state index contributed by atoms with van der Waals surface area (Å²) >= 11 is 3.91. The zero-order valence-corrected chi connectivity index (χ0v) is 39.7. The number of phenolic OH excluding ortho intramolecular Hbond substituents is 1. The Morgan fingerprint density at radius 1 is 0.571 bits per heavy atom. The highest BCUT2D eigenvalue weighted by molar-refractivity contribution is 7.80. The highest BCUT2D eigenvalue weighted by atomic mass is 32.1. The third-order valence-corrected chi connectivity index (χ3v) is 10.3. The van der Waals surface area contributed by atoms with Crippen molar-refractivity contribution in [3.63, 3.8) is 0 Å². The van der Waals surface area contributed by atoms with Gasteiger partial charge in [0.1, 0.15) is 54.1 Å². The van der Waals surface area contributed by atoms with Crippen molar-refractivity contribution in [1.29, 1.82) is 0 Å². The van der Waals surface area contributed by atoms with Crippen LogP contribution in [0.2, 0.25) is 0 Å². The van der Waals surface area contributed by atoms with Crippen molar-refractivity contribution in [2.24, 2.45) is 44.6 Å². The fourth-order valence-electron chi connectivity index (χ4n) is 6.24. The predicted molar refractivity (Wildman–Crippen MR) is 255 cm³/mol. The van der Waals surface area contributed by atoms with Gasteiger partial charge in [-0.25, -0.2) is 4.79 Å². The molecule has 8 atom stereocenters. The predicted octanol–water partition coefficient (Wildman–Crippen LogP) is -6.33. The lowest BCUT2D eigenvalue weighted by atomic mass is 10.00. The van der Waals surface area contributed by atoms with Gasteiger partial charge in [0.15, 0.2) is 11.9 Å². The molecule has 1 aromatic carbocycles. The Morgan fingerprint density at radius 3 is 1.40 bits per heavy atom. The van der Waals surface area contributed by atoms with Crippen LogP contribution in [0.5, 0.6) is 5.75 Å². The summed E-state index contributed by atoms with van der Waals surface area (Å²) in [5.41, 5.74) is 27.6. The molecule has 28 nitrogen and oxygen atoms in total. The highest BCUT2D eigenvalue weighted by Crippen LogP contribution is 2.14. The van der Waals surface area contributed by atoms with Gasteiger partial charge < -0.3 is 91.4 Å². The molecule has 0 unspecified atom stereocenters. The molecule has 392 valence electrons. The van der Waals surface area contributed by atoms with Crippen molar-refractivity contribution in [3.8, 4) is 5.75 Å². The summed E-state index contributed by atoms with van der Waals surface area (Å²) in [4.78, 5) is 126. The highest BCUT2D eigenvalue weighted by Gasteiger charge is 2.35. The number of hydrogen-bond acceptors (Lipinski definition) is 16. The number of guanidine groups is 2. The molecule has 0 fully saturated rings. The van der Waals surface area contributed by atoms with Crippen LogP contribution in [0.4, 0.5) is 0 Å². The third-order valence-electron chi connectivity index (χ3n) is 9.93. The quantitative estimate of drug-likeness (QED) is 0.0135. The van der Waals surface area contributed by atoms with Gasteiger partial charge in [0.25, 0.3) is 0 Å². The van der Waals surface area contributed by atoms with E-state index in [4.69, 9.17) is 28.7 Å². The first kappa shape index (κ1) is 61.0. The lowest BCUT2D eigenvalue weighted by Gasteiger charge is -2.28. The number of aliphatic hydroxyl groups is 2. The number of carboxylic acid groups (broad SMARTS) is 2. The summed E-state index contributed by atoms with van der Waals surface area (Å²) in [6, 6.07) is -6.62. The molecule has 29 heteroatoms. The van der Waals surface area contributed by atoms with Gasteiger partial charge in [-0.3, -0.25) is 48.3 Å². The summed E-state index contributed by atoms with van der Waals surface area (Å²) in [6.45, 7) is 1.62. The van der Waals surface area contributed by atoms with E-state index in [1.165, 1.54) is 24.3 Å². The SMILES string of the molecule is CC(C)C[C@H](NC(=O)[C@H](Cc1ccc(O)cc1)NC(=O)[C@H](CCCN=C(N)N)NC(=O)[C@H](CO)NC(=O)[C@H](CCCN=C(N)N)NC(=O)[C@@H](N)CO)C(=O)N[C@@H](CCC(=O)O)C(=O)N[C@@H](CS)C(=O)O. The Bertz CT molecular complexity index is 1990. The molecule has 0 aliphatic heterocycles. The summed E-state index contributed by atoms with van der Waals surface area (Å²) < 4.78 is 0. The Labute approximate surface area is 408 Å². The van der Waals surface area contributed by atoms with Crippen LogP contribution in [0.3, 0.4) is 0 Å². The molecular formula is C41H68N14O14S. The molecule has 70 heavy (non-hydrogen) atoms. The number of thiol groups is 1. The van der Waals surface area contributed by atoms with Crippen molar-refractivity contribution in [3.05, 3.63) is 29.8 Å². The van der Waals surface area contributed by atoms with E-state index in [1.54, 1.807) is 13.8 Å². The summed E-state index contributed by atoms with van der Waals surface area (Å²) in [5.74, 6) is -11.0. The van der Waals surface area contributed by atoms with Gasteiger partial charge in [0, 0.05) is 31.7 Å². The fraction of sp³-hybridized carbons (Fsp3) is 0.585. The van der Waals surface area contributed by atoms with Gasteiger partial charge in [-0.2, -0.15) is 12.6 Å². The molecule has 0 aliphatic rings. The van der Waals surface area contributed by atoms with Crippen molar-refractivity contribution < 1.29 is 68.7 Å². The zero-order valence-electron chi connectivity index (χ0n) is 38.8. The average molecular weight is 1010 g/mol. The molecule has 0 saturated carbocycles. The molecule has 7 amide bonds. The number of hydrogen-bond donors (Lipinski definition) is 18. The Balaban J connectivity index is 3.60. The number of phenols is 1. The molecule has 0 aromatic heterocycles. The zero-order chi connectivity index (χ0) is 53.1. The van der Waals surface area contributed by atoms with E-state index in [-0.39, 0.29) is 81.0 Å². The molecular weight excluding hydrogens is 945 g/mol. The van der Waals surface area contributed by atoms with Crippen LogP contribution in [-0.2, 0) is 49.6 Å². The van der Waals surface area contributed by atoms with Crippen LogP contribution in [0.25, 0.3) is 0 Å². The van der Waals surface area contributed by atoms with Crippen LogP contribution in [-0.4, -0.2) is 171 Å². The number of nitrogens with two attached hydrogens (primary N) is 5. The Morgan fingerprint density at radius 2 is 0.971 bits per heavy atom. The second-order valence-electron chi connectivity index (χ2n) is 16.3. The third kappa shape index (κ3) is 23.8.